The van der Waals surface area contributed by atoms with Crippen molar-refractivity contribution in [3.63, 3.8) is 0 Å². The first kappa shape index (κ1) is 23.1. The summed E-state index contributed by atoms with van der Waals surface area (Å²) in [5, 5.41) is 5.55. The molecular formula is C25H27FN4O5. The van der Waals surface area contributed by atoms with Gasteiger partial charge in [-0.3, -0.25) is 9.80 Å². The number of carbonyl (C=O) groups excluding carboxylic acids is 2. The van der Waals surface area contributed by atoms with Crippen LogP contribution in [0.5, 0.6) is 11.5 Å². The summed E-state index contributed by atoms with van der Waals surface area (Å²) in [6, 6.07) is 10.6. The molecule has 0 saturated carbocycles. The van der Waals surface area contributed by atoms with E-state index in [2.05, 4.69) is 20.4 Å². The van der Waals surface area contributed by atoms with E-state index in [4.69, 9.17) is 14.2 Å². The van der Waals surface area contributed by atoms with Crippen LogP contribution in [0.2, 0.25) is 0 Å². The van der Waals surface area contributed by atoms with Gasteiger partial charge in [0.15, 0.2) is 11.5 Å². The minimum atomic E-state index is -0.723. The summed E-state index contributed by atoms with van der Waals surface area (Å²) in [6.07, 6.45) is 0. The van der Waals surface area contributed by atoms with Gasteiger partial charge >= 0.3 is 12.0 Å². The van der Waals surface area contributed by atoms with Gasteiger partial charge in [0, 0.05) is 45.0 Å². The van der Waals surface area contributed by atoms with E-state index in [9.17, 15) is 14.0 Å². The number of methoxy groups -OCH3 is 1. The van der Waals surface area contributed by atoms with Crippen molar-refractivity contribution in [2.45, 2.75) is 12.6 Å². The number of piperazine rings is 1. The monoisotopic (exact) mass is 482 g/mol. The van der Waals surface area contributed by atoms with Gasteiger partial charge in [-0.15, -0.1) is 0 Å². The molecule has 1 fully saturated rings. The van der Waals surface area contributed by atoms with E-state index in [-0.39, 0.29) is 6.79 Å². The summed E-state index contributed by atoms with van der Waals surface area (Å²) in [5.41, 5.74) is 2.58. The Morgan fingerprint density at radius 3 is 2.43 bits per heavy atom. The van der Waals surface area contributed by atoms with Crippen LogP contribution in [0, 0.1) is 5.82 Å². The number of nitrogens with zero attached hydrogens (tertiary/aromatic N) is 2. The Labute approximate surface area is 202 Å². The van der Waals surface area contributed by atoms with Crippen LogP contribution in [0.15, 0.2) is 53.7 Å². The summed E-state index contributed by atoms with van der Waals surface area (Å²) in [4.78, 5) is 29.7. The highest BCUT2D eigenvalue weighted by Crippen LogP contribution is 2.33. The van der Waals surface area contributed by atoms with E-state index in [1.807, 2.05) is 18.2 Å². The number of rotatable bonds is 6. The summed E-state index contributed by atoms with van der Waals surface area (Å²) in [7, 11) is 1.31. The number of ether oxygens (including phenoxy) is 3. The fourth-order valence-electron chi connectivity index (χ4n) is 4.63. The fraction of sp³-hybridized carbons (Fsp3) is 0.360. The Morgan fingerprint density at radius 2 is 1.71 bits per heavy atom. The molecular weight excluding hydrogens is 455 g/mol. The van der Waals surface area contributed by atoms with Gasteiger partial charge in [0.2, 0.25) is 6.79 Å². The van der Waals surface area contributed by atoms with Crippen LogP contribution < -0.4 is 20.1 Å². The number of hydrogen-bond acceptors (Lipinski definition) is 7. The lowest BCUT2D eigenvalue weighted by molar-refractivity contribution is -0.136. The van der Waals surface area contributed by atoms with E-state index in [0.29, 0.717) is 23.4 Å². The number of carbonyl (C=O) groups is 2. The normalized spacial score (nSPS) is 20.4. The third-order valence-corrected chi connectivity index (χ3v) is 6.45. The van der Waals surface area contributed by atoms with Crippen LogP contribution in [0.1, 0.15) is 17.2 Å². The Bertz CT molecular complexity index is 1150. The molecule has 0 aromatic heterocycles. The Morgan fingerprint density at radius 1 is 1.03 bits per heavy atom. The molecule has 2 amide bonds. The van der Waals surface area contributed by atoms with E-state index in [1.54, 1.807) is 12.1 Å². The zero-order chi connectivity index (χ0) is 24.4. The predicted octanol–water partition coefficient (Wildman–Crippen LogP) is 2.15. The first-order valence-corrected chi connectivity index (χ1v) is 11.5. The summed E-state index contributed by atoms with van der Waals surface area (Å²) in [5.74, 6) is 0.622. The van der Waals surface area contributed by atoms with Crippen LogP contribution in [-0.4, -0.2) is 68.4 Å². The molecule has 0 spiro atoms. The Balaban J connectivity index is 1.27. The molecule has 0 bridgehead atoms. The van der Waals surface area contributed by atoms with Gasteiger partial charge < -0.3 is 24.8 Å². The molecule has 1 atom stereocenters. The summed E-state index contributed by atoms with van der Waals surface area (Å²) in [6.45, 7) is 4.67. The van der Waals surface area contributed by atoms with Gasteiger partial charge in [0.1, 0.15) is 5.82 Å². The maximum Gasteiger partial charge on any atom is 0.338 e. The maximum atomic E-state index is 13.4. The van der Waals surface area contributed by atoms with Crippen LogP contribution in [0.25, 0.3) is 0 Å². The van der Waals surface area contributed by atoms with Crippen molar-refractivity contribution in [2.75, 3.05) is 46.6 Å². The van der Waals surface area contributed by atoms with E-state index >= 15 is 0 Å². The molecule has 3 aliphatic rings. The second-order valence-corrected chi connectivity index (χ2v) is 8.71. The number of urea groups is 1. The zero-order valence-corrected chi connectivity index (χ0v) is 19.4. The number of amides is 2. The number of hydrogen-bond donors (Lipinski definition) is 2. The molecule has 2 aromatic rings. The minimum absolute atomic E-state index is 0.259. The van der Waals surface area contributed by atoms with Crippen molar-refractivity contribution in [2.24, 2.45) is 0 Å². The molecule has 5 rings (SSSR count). The molecule has 0 aliphatic carbocycles. The molecule has 9 nitrogen and oxygen atoms in total. The van der Waals surface area contributed by atoms with Crippen molar-refractivity contribution in [3.8, 4) is 11.5 Å². The first-order valence-electron chi connectivity index (χ1n) is 11.5. The van der Waals surface area contributed by atoms with Gasteiger partial charge in [-0.25, -0.2) is 14.0 Å². The average Bonchev–Trinajstić information content (AvgIpc) is 3.33. The number of nitrogens with one attached hydrogen (secondary N) is 2. The van der Waals surface area contributed by atoms with Crippen LogP contribution >= 0.6 is 0 Å². The van der Waals surface area contributed by atoms with Gasteiger partial charge in [-0.05, 0) is 35.4 Å². The predicted molar refractivity (Wildman–Crippen MR) is 124 cm³/mol. The molecule has 35 heavy (non-hydrogen) atoms. The summed E-state index contributed by atoms with van der Waals surface area (Å²) >= 11 is 0. The van der Waals surface area contributed by atoms with Crippen molar-refractivity contribution >= 4 is 12.0 Å². The van der Waals surface area contributed by atoms with Gasteiger partial charge in [0.25, 0.3) is 0 Å². The molecule has 0 radical (unpaired) electrons. The highest BCUT2D eigenvalue weighted by molar-refractivity contribution is 5.95. The molecule has 10 heteroatoms. The highest BCUT2D eigenvalue weighted by atomic mass is 19.1. The van der Waals surface area contributed by atoms with Crippen molar-refractivity contribution in [1.82, 2.24) is 20.4 Å². The summed E-state index contributed by atoms with van der Waals surface area (Å²) < 4.78 is 29.3. The Hall–Kier alpha value is -3.63. The lowest BCUT2D eigenvalue weighted by atomic mass is 9.95. The second kappa shape index (κ2) is 9.93. The molecule has 3 aliphatic heterocycles. The van der Waals surface area contributed by atoms with Crippen molar-refractivity contribution in [3.05, 3.63) is 70.7 Å². The van der Waals surface area contributed by atoms with Gasteiger partial charge in [-0.2, -0.15) is 0 Å². The molecule has 0 unspecified atom stereocenters. The topological polar surface area (TPSA) is 92.4 Å². The van der Waals surface area contributed by atoms with E-state index in [0.717, 1.165) is 49.8 Å². The smallest absolute Gasteiger partial charge is 0.338 e. The molecule has 1 saturated heterocycles. The third-order valence-electron chi connectivity index (χ3n) is 6.45. The van der Waals surface area contributed by atoms with E-state index < -0.39 is 23.9 Å². The first-order chi connectivity index (χ1) is 17.0. The number of benzene rings is 2. The fourth-order valence-corrected chi connectivity index (χ4v) is 4.63. The largest absolute Gasteiger partial charge is 0.466 e. The highest BCUT2D eigenvalue weighted by Gasteiger charge is 2.34. The third kappa shape index (κ3) is 5.08. The van der Waals surface area contributed by atoms with Crippen molar-refractivity contribution in [1.29, 1.82) is 0 Å². The van der Waals surface area contributed by atoms with Crippen molar-refractivity contribution < 1.29 is 28.2 Å². The maximum absolute atomic E-state index is 13.4. The standard InChI is InChI=1S/C25H27FN4O5/c1-33-24(31)22-19(27-25(32)28-23(22)17-3-5-18(26)6-4-17)14-30-10-8-29(9-11-30)13-16-2-7-20-21(12-16)35-15-34-20/h2-7,12,23H,8-11,13-15H2,1H3,(H2,27,28,32)/t23-/m1/s1. The second-order valence-electron chi connectivity index (χ2n) is 8.71. The Kier molecular flexibility index (Phi) is 6.56. The number of esters is 1. The molecule has 3 heterocycles. The SMILES string of the molecule is COC(=O)C1=C(CN2CCN(Cc3ccc4c(c3)OCO4)CC2)NC(=O)N[C@@H]1c1ccc(F)cc1. The lowest BCUT2D eigenvalue weighted by Gasteiger charge is -2.37. The van der Waals surface area contributed by atoms with Gasteiger partial charge in [-0.1, -0.05) is 18.2 Å². The molecule has 2 N–H and O–H groups in total. The van der Waals surface area contributed by atoms with E-state index in [1.165, 1.54) is 19.2 Å². The zero-order valence-electron chi connectivity index (χ0n) is 19.4. The molecule has 184 valence electrons. The van der Waals surface area contributed by atoms with Gasteiger partial charge in [0.05, 0.1) is 18.7 Å². The number of fused-ring (bicyclic) bond motifs is 1. The van der Waals surface area contributed by atoms with Crippen LogP contribution in [0.3, 0.4) is 0 Å². The van der Waals surface area contributed by atoms with Crippen LogP contribution in [-0.2, 0) is 16.1 Å². The quantitative estimate of drug-likeness (QED) is 0.610. The molecule has 2 aromatic carbocycles. The lowest BCUT2D eigenvalue weighted by Crippen LogP contribution is -2.51. The minimum Gasteiger partial charge on any atom is -0.466 e. The average molecular weight is 483 g/mol. The van der Waals surface area contributed by atoms with Crippen LogP contribution in [0.4, 0.5) is 9.18 Å². The number of halogens is 1.